The molecule has 20 heavy (non-hydrogen) atoms. The number of thiophene rings is 1. The average Bonchev–Trinajstić information content (AvgIpc) is 3.13. The standard InChI is InChI=1S/C17H20FNS/c1-12-14(18)8-4-9-15(12)19-17(13-6-2-3-7-13)16-10-5-11-20-16/h4-5,8-11,13,17,19H,2-3,6-7H2,1H3. The normalized spacial score (nSPS) is 17.3. The Morgan fingerprint density at radius 2 is 2.00 bits per heavy atom. The molecule has 3 heteroatoms. The highest BCUT2D eigenvalue weighted by molar-refractivity contribution is 7.10. The average molecular weight is 289 g/mol. The number of rotatable bonds is 4. The van der Waals surface area contributed by atoms with Crippen molar-refractivity contribution in [3.8, 4) is 0 Å². The van der Waals surface area contributed by atoms with Crippen LogP contribution in [0.3, 0.4) is 0 Å². The molecule has 0 saturated heterocycles. The lowest BCUT2D eigenvalue weighted by molar-refractivity contribution is 0.475. The second-order valence-corrected chi connectivity index (χ2v) is 6.57. The Balaban J connectivity index is 1.88. The van der Waals surface area contributed by atoms with Crippen molar-refractivity contribution >= 4 is 17.0 Å². The van der Waals surface area contributed by atoms with Crippen LogP contribution in [0.15, 0.2) is 35.7 Å². The van der Waals surface area contributed by atoms with Gasteiger partial charge in [0.2, 0.25) is 0 Å². The Morgan fingerprint density at radius 1 is 1.20 bits per heavy atom. The van der Waals surface area contributed by atoms with E-state index in [0.29, 0.717) is 17.5 Å². The Labute approximate surface area is 123 Å². The summed E-state index contributed by atoms with van der Waals surface area (Å²) in [5.41, 5.74) is 1.64. The van der Waals surface area contributed by atoms with Gasteiger partial charge in [0.1, 0.15) is 5.82 Å². The van der Waals surface area contributed by atoms with E-state index in [1.807, 2.05) is 13.0 Å². The quantitative estimate of drug-likeness (QED) is 0.779. The molecule has 1 aromatic carbocycles. The third kappa shape index (κ3) is 2.73. The summed E-state index contributed by atoms with van der Waals surface area (Å²) in [6.45, 7) is 1.85. The van der Waals surface area contributed by atoms with Crippen molar-refractivity contribution in [2.24, 2.45) is 5.92 Å². The maximum atomic E-state index is 13.7. The lowest BCUT2D eigenvalue weighted by Crippen LogP contribution is -2.18. The second-order valence-electron chi connectivity index (χ2n) is 5.59. The van der Waals surface area contributed by atoms with E-state index >= 15 is 0 Å². The van der Waals surface area contributed by atoms with Crippen LogP contribution in [0.4, 0.5) is 10.1 Å². The van der Waals surface area contributed by atoms with Crippen molar-refractivity contribution in [2.45, 2.75) is 38.6 Å². The summed E-state index contributed by atoms with van der Waals surface area (Å²) in [5, 5.41) is 5.73. The number of anilines is 1. The maximum absolute atomic E-state index is 13.7. The lowest BCUT2D eigenvalue weighted by atomic mass is 9.96. The Hall–Kier alpha value is -1.35. The SMILES string of the molecule is Cc1c(F)cccc1NC(c1cccs1)C1CCCC1. The van der Waals surface area contributed by atoms with Crippen molar-refractivity contribution in [3.05, 3.63) is 52.0 Å². The molecule has 0 radical (unpaired) electrons. The van der Waals surface area contributed by atoms with Gasteiger partial charge in [-0.05, 0) is 49.3 Å². The summed E-state index contributed by atoms with van der Waals surface area (Å²) >= 11 is 1.79. The molecule has 1 aliphatic rings. The van der Waals surface area contributed by atoms with Gasteiger partial charge in [-0.2, -0.15) is 0 Å². The van der Waals surface area contributed by atoms with Gasteiger partial charge in [0.25, 0.3) is 0 Å². The van der Waals surface area contributed by atoms with E-state index in [9.17, 15) is 4.39 Å². The van der Waals surface area contributed by atoms with Gasteiger partial charge in [-0.3, -0.25) is 0 Å². The number of hydrogen-bond acceptors (Lipinski definition) is 2. The fourth-order valence-corrected chi connectivity index (χ4v) is 3.98. The highest BCUT2D eigenvalue weighted by Gasteiger charge is 2.27. The second kappa shape index (κ2) is 5.96. The van der Waals surface area contributed by atoms with Gasteiger partial charge in [-0.25, -0.2) is 4.39 Å². The topological polar surface area (TPSA) is 12.0 Å². The van der Waals surface area contributed by atoms with Gasteiger partial charge < -0.3 is 5.32 Å². The Bertz CT molecular complexity index is 558. The molecule has 1 N–H and O–H groups in total. The largest absolute Gasteiger partial charge is 0.377 e. The number of hydrogen-bond donors (Lipinski definition) is 1. The van der Waals surface area contributed by atoms with Crippen LogP contribution in [0, 0.1) is 18.7 Å². The van der Waals surface area contributed by atoms with Gasteiger partial charge in [0.15, 0.2) is 0 Å². The fourth-order valence-electron chi connectivity index (χ4n) is 3.11. The number of halogens is 1. The predicted octanol–water partition coefficient (Wildman–Crippen LogP) is 5.54. The summed E-state index contributed by atoms with van der Waals surface area (Å²) in [5.74, 6) is 0.530. The third-order valence-electron chi connectivity index (χ3n) is 4.30. The van der Waals surface area contributed by atoms with E-state index in [4.69, 9.17) is 0 Å². The Morgan fingerprint density at radius 3 is 2.70 bits per heavy atom. The minimum atomic E-state index is -0.133. The van der Waals surface area contributed by atoms with E-state index < -0.39 is 0 Å². The first kappa shape index (κ1) is 13.6. The molecule has 1 saturated carbocycles. The molecule has 0 spiro atoms. The highest BCUT2D eigenvalue weighted by Crippen LogP contribution is 2.40. The zero-order chi connectivity index (χ0) is 13.9. The summed E-state index contributed by atoms with van der Waals surface area (Å²) < 4.78 is 13.7. The van der Waals surface area contributed by atoms with E-state index in [2.05, 4.69) is 22.8 Å². The third-order valence-corrected chi connectivity index (χ3v) is 5.26. The van der Waals surface area contributed by atoms with Gasteiger partial charge in [0, 0.05) is 16.1 Å². The number of nitrogens with one attached hydrogen (secondary N) is 1. The van der Waals surface area contributed by atoms with Crippen LogP contribution in [0.1, 0.15) is 42.2 Å². The van der Waals surface area contributed by atoms with Crippen LogP contribution in [-0.4, -0.2) is 0 Å². The minimum absolute atomic E-state index is 0.133. The Kier molecular flexibility index (Phi) is 4.06. The monoisotopic (exact) mass is 289 g/mol. The van der Waals surface area contributed by atoms with E-state index in [-0.39, 0.29) is 5.82 Å². The van der Waals surface area contributed by atoms with E-state index in [1.165, 1.54) is 36.6 Å². The summed E-state index contributed by atoms with van der Waals surface area (Å²) in [7, 11) is 0. The predicted molar refractivity (Wildman–Crippen MR) is 83.8 cm³/mol. The molecule has 0 bridgehead atoms. The molecule has 1 fully saturated rings. The first-order chi connectivity index (χ1) is 9.75. The van der Waals surface area contributed by atoms with Crippen molar-refractivity contribution < 1.29 is 4.39 Å². The van der Waals surface area contributed by atoms with Crippen LogP contribution in [0.2, 0.25) is 0 Å². The molecular formula is C17H20FNS. The highest BCUT2D eigenvalue weighted by atomic mass is 32.1. The first-order valence-electron chi connectivity index (χ1n) is 7.31. The van der Waals surface area contributed by atoms with Gasteiger partial charge >= 0.3 is 0 Å². The summed E-state index contributed by atoms with van der Waals surface area (Å²) in [6.07, 6.45) is 5.17. The van der Waals surface area contributed by atoms with Crippen LogP contribution in [-0.2, 0) is 0 Å². The van der Waals surface area contributed by atoms with Crippen molar-refractivity contribution in [2.75, 3.05) is 5.32 Å². The molecule has 1 nitrogen and oxygen atoms in total. The maximum Gasteiger partial charge on any atom is 0.128 e. The molecular weight excluding hydrogens is 269 g/mol. The molecule has 1 heterocycles. The molecule has 1 aromatic heterocycles. The van der Waals surface area contributed by atoms with Crippen molar-refractivity contribution in [3.63, 3.8) is 0 Å². The molecule has 1 atom stereocenters. The minimum Gasteiger partial charge on any atom is -0.377 e. The number of benzene rings is 1. The summed E-state index contributed by atoms with van der Waals surface area (Å²) in [6, 6.07) is 9.89. The molecule has 1 unspecified atom stereocenters. The molecule has 3 rings (SSSR count). The smallest absolute Gasteiger partial charge is 0.128 e. The molecule has 1 aliphatic carbocycles. The molecule has 2 aromatic rings. The van der Waals surface area contributed by atoms with Crippen LogP contribution >= 0.6 is 11.3 Å². The molecule has 0 amide bonds. The zero-order valence-electron chi connectivity index (χ0n) is 11.7. The van der Waals surface area contributed by atoms with Gasteiger partial charge in [0.05, 0.1) is 6.04 Å². The van der Waals surface area contributed by atoms with Crippen LogP contribution < -0.4 is 5.32 Å². The first-order valence-corrected chi connectivity index (χ1v) is 8.19. The van der Waals surface area contributed by atoms with Gasteiger partial charge in [-0.15, -0.1) is 11.3 Å². The fraction of sp³-hybridized carbons (Fsp3) is 0.412. The van der Waals surface area contributed by atoms with Gasteiger partial charge in [-0.1, -0.05) is 25.0 Å². The van der Waals surface area contributed by atoms with E-state index in [1.54, 1.807) is 17.4 Å². The molecule has 0 aliphatic heterocycles. The molecule has 106 valence electrons. The van der Waals surface area contributed by atoms with Crippen molar-refractivity contribution in [1.82, 2.24) is 0 Å². The zero-order valence-corrected chi connectivity index (χ0v) is 12.5. The van der Waals surface area contributed by atoms with Crippen LogP contribution in [0.5, 0.6) is 0 Å². The van der Waals surface area contributed by atoms with Crippen LogP contribution in [0.25, 0.3) is 0 Å². The lowest BCUT2D eigenvalue weighted by Gasteiger charge is -2.26. The van der Waals surface area contributed by atoms with E-state index in [0.717, 1.165) is 5.69 Å². The van der Waals surface area contributed by atoms with Crippen molar-refractivity contribution in [1.29, 1.82) is 0 Å². The summed E-state index contributed by atoms with van der Waals surface area (Å²) in [4.78, 5) is 1.36.